The van der Waals surface area contributed by atoms with Crippen LogP contribution in [0.1, 0.15) is 30.6 Å². The van der Waals surface area contributed by atoms with Crippen molar-refractivity contribution < 1.29 is 14.3 Å². The molecular formula is C22H23N3O3. The average molecular weight is 377 g/mol. The van der Waals surface area contributed by atoms with Crippen LogP contribution >= 0.6 is 0 Å². The molecule has 0 bridgehead atoms. The molecular weight excluding hydrogens is 354 g/mol. The van der Waals surface area contributed by atoms with Gasteiger partial charge < -0.3 is 10.1 Å². The van der Waals surface area contributed by atoms with Crippen LogP contribution in [-0.2, 0) is 9.53 Å². The molecule has 0 saturated heterocycles. The molecule has 6 nitrogen and oxygen atoms in total. The lowest BCUT2D eigenvalue weighted by atomic mass is 10.0. The van der Waals surface area contributed by atoms with Crippen molar-refractivity contribution in [2.45, 2.75) is 26.3 Å². The van der Waals surface area contributed by atoms with Crippen LogP contribution in [0.25, 0.3) is 22.2 Å². The minimum Gasteiger partial charge on any atom is -0.467 e. The maximum atomic E-state index is 13.1. The van der Waals surface area contributed by atoms with Crippen LogP contribution in [0.3, 0.4) is 0 Å². The maximum Gasteiger partial charge on any atom is 0.328 e. The van der Waals surface area contributed by atoms with Crippen LogP contribution in [0.5, 0.6) is 0 Å². The summed E-state index contributed by atoms with van der Waals surface area (Å²) in [6, 6.07) is 12.2. The number of hydrogen-bond donors (Lipinski definition) is 1. The number of carbonyl (C=O) groups is 2. The van der Waals surface area contributed by atoms with Crippen LogP contribution in [-0.4, -0.2) is 35.0 Å². The first-order valence-electron chi connectivity index (χ1n) is 9.18. The summed E-state index contributed by atoms with van der Waals surface area (Å²) in [5.74, 6) is -0.558. The van der Waals surface area contributed by atoms with Crippen molar-refractivity contribution in [1.29, 1.82) is 0 Å². The number of para-hydroxylation sites is 1. The van der Waals surface area contributed by atoms with E-state index in [1.165, 1.54) is 7.11 Å². The van der Waals surface area contributed by atoms with E-state index < -0.39 is 12.0 Å². The second-order valence-electron chi connectivity index (χ2n) is 6.99. The number of nitrogens with one attached hydrogen (secondary N) is 1. The molecule has 144 valence electrons. The first-order chi connectivity index (χ1) is 13.5. The van der Waals surface area contributed by atoms with Crippen molar-refractivity contribution in [2.75, 3.05) is 7.11 Å². The van der Waals surface area contributed by atoms with E-state index >= 15 is 0 Å². The smallest absolute Gasteiger partial charge is 0.328 e. The van der Waals surface area contributed by atoms with Crippen molar-refractivity contribution in [2.24, 2.45) is 5.92 Å². The highest BCUT2D eigenvalue weighted by Gasteiger charge is 2.24. The largest absolute Gasteiger partial charge is 0.467 e. The van der Waals surface area contributed by atoms with E-state index in [9.17, 15) is 9.59 Å². The maximum absolute atomic E-state index is 13.1. The van der Waals surface area contributed by atoms with Gasteiger partial charge in [-0.1, -0.05) is 32.0 Å². The highest BCUT2D eigenvalue weighted by Crippen LogP contribution is 2.24. The molecule has 3 rings (SSSR count). The second-order valence-corrected chi connectivity index (χ2v) is 6.99. The van der Waals surface area contributed by atoms with Crippen LogP contribution in [0.4, 0.5) is 0 Å². The molecule has 0 radical (unpaired) electrons. The zero-order valence-electron chi connectivity index (χ0n) is 16.2. The van der Waals surface area contributed by atoms with Gasteiger partial charge in [-0.15, -0.1) is 0 Å². The van der Waals surface area contributed by atoms with Gasteiger partial charge in [0.15, 0.2) is 0 Å². The topological polar surface area (TPSA) is 81.2 Å². The van der Waals surface area contributed by atoms with Crippen molar-refractivity contribution in [3.8, 4) is 11.3 Å². The summed E-state index contributed by atoms with van der Waals surface area (Å²) in [5.41, 5.74) is 2.62. The summed E-state index contributed by atoms with van der Waals surface area (Å²) in [6.45, 7) is 3.98. The fourth-order valence-corrected chi connectivity index (χ4v) is 3.09. The SMILES string of the molecule is COC(=O)C(CC(C)C)NC(=O)c1cc(-c2cccnc2)nc2ccccc12. The number of carbonyl (C=O) groups excluding carboxylic acids is 2. The van der Waals surface area contributed by atoms with Gasteiger partial charge in [0.25, 0.3) is 5.91 Å². The number of hydrogen-bond acceptors (Lipinski definition) is 5. The molecule has 2 aromatic heterocycles. The predicted octanol–water partition coefficient (Wildman–Crippen LogP) is 3.61. The quantitative estimate of drug-likeness (QED) is 0.664. The Morgan fingerprint density at radius 3 is 2.61 bits per heavy atom. The number of aromatic nitrogens is 2. The predicted molar refractivity (Wildman–Crippen MR) is 108 cm³/mol. The van der Waals surface area contributed by atoms with E-state index in [-0.39, 0.29) is 11.8 Å². The third kappa shape index (κ3) is 4.34. The average Bonchev–Trinajstić information content (AvgIpc) is 2.72. The minimum absolute atomic E-state index is 0.226. The molecule has 0 aliphatic carbocycles. The first kappa shape index (κ1) is 19.5. The van der Waals surface area contributed by atoms with E-state index in [0.29, 0.717) is 23.2 Å². The van der Waals surface area contributed by atoms with Gasteiger partial charge in [0, 0.05) is 23.3 Å². The van der Waals surface area contributed by atoms with Gasteiger partial charge in [-0.25, -0.2) is 9.78 Å². The number of pyridine rings is 2. The molecule has 0 aliphatic rings. The highest BCUT2D eigenvalue weighted by molar-refractivity contribution is 6.08. The van der Waals surface area contributed by atoms with E-state index in [1.54, 1.807) is 18.5 Å². The second kappa shape index (κ2) is 8.61. The summed E-state index contributed by atoms with van der Waals surface area (Å²) in [5, 5.41) is 3.55. The lowest BCUT2D eigenvalue weighted by Gasteiger charge is -2.19. The van der Waals surface area contributed by atoms with E-state index in [1.807, 2.05) is 50.2 Å². The van der Waals surface area contributed by atoms with Crippen LogP contribution in [0.15, 0.2) is 54.9 Å². The number of ether oxygens (including phenoxy) is 1. The number of amides is 1. The third-order valence-corrected chi connectivity index (χ3v) is 4.42. The van der Waals surface area contributed by atoms with Gasteiger partial charge in [0.2, 0.25) is 0 Å². The summed E-state index contributed by atoms with van der Waals surface area (Å²) in [7, 11) is 1.32. The van der Waals surface area contributed by atoms with Crippen molar-refractivity contribution in [1.82, 2.24) is 15.3 Å². The van der Waals surface area contributed by atoms with E-state index in [0.717, 1.165) is 10.9 Å². The monoisotopic (exact) mass is 377 g/mol. The molecule has 0 fully saturated rings. The number of rotatable bonds is 6. The Balaban J connectivity index is 2.03. The summed E-state index contributed by atoms with van der Waals surface area (Å²) in [4.78, 5) is 34.0. The summed E-state index contributed by atoms with van der Waals surface area (Å²) < 4.78 is 4.86. The van der Waals surface area contributed by atoms with Crippen molar-refractivity contribution >= 4 is 22.8 Å². The van der Waals surface area contributed by atoms with Gasteiger partial charge >= 0.3 is 5.97 Å². The first-order valence-corrected chi connectivity index (χ1v) is 9.18. The lowest BCUT2D eigenvalue weighted by Crippen LogP contribution is -2.42. The molecule has 1 atom stereocenters. The molecule has 1 N–H and O–H groups in total. The van der Waals surface area contributed by atoms with Crippen molar-refractivity contribution in [3.63, 3.8) is 0 Å². The van der Waals surface area contributed by atoms with Crippen molar-refractivity contribution in [3.05, 3.63) is 60.4 Å². The summed E-state index contributed by atoms with van der Waals surface area (Å²) >= 11 is 0. The molecule has 2 heterocycles. The Bertz CT molecular complexity index is 987. The molecule has 3 aromatic rings. The van der Waals surface area contributed by atoms with E-state index in [2.05, 4.69) is 15.3 Å². The highest BCUT2D eigenvalue weighted by atomic mass is 16.5. The lowest BCUT2D eigenvalue weighted by molar-refractivity contribution is -0.143. The number of methoxy groups -OCH3 is 1. The zero-order chi connectivity index (χ0) is 20.1. The normalized spacial score (nSPS) is 12.0. The molecule has 0 aliphatic heterocycles. The van der Waals surface area contributed by atoms with E-state index in [4.69, 9.17) is 4.74 Å². The molecule has 28 heavy (non-hydrogen) atoms. The fraction of sp³-hybridized carbons (Fsp3) is 0.273. The van der Waals surface area contributed by atoms with Gasteiger partial charge in [-0.2, -0.15) is 0 Å². The zero-order valence-corrected chi connectivity index (χ0v) is 16.2. The Morgan fingerprint density at radius 1 is 1.14 bits per heavy atom. The Morgan fingerprint density at radius 2 is 1.93 bits per heavy atom. The summed E-state index contributed by atoms with van der Waals surface area (Å²) in [6.07, 6.45) is 3.89. The Labute approximate surface area is 164 Å². The number of fused-ring (bicyclic) bond motifs is 1. The Hall–Kier alpha value is -3.28. The Kier molecular flexibility index (Phi) is 5.99. The third-order valence-electron chi connectivity index (χ3n) is 4.42. The number of esters is 1. The minimum atomic E-state index is -0.703. The van der Waals surface area contributed by atoms with Crippen LogP contribution < -0.4 is 5.32 Å². The molecule has 1 aromatic carbocycles. The van der Waals surface area contributed by atoms with Gasteiger partial charge in [-0.05, 0) is 36.6 Å². The number of nitrogens with zero attached hydrogens (tertiary/aromatic N) is 2. The fourth-order valence-electron chi connectivity index (χ4n) is 3.09. The molecule has 0 saturated carbocycles. The van der Waals surface area contributed by atoms with Crippen LogP contribution in [0, 0.1) is 5.92 Å². The standard InChI is InChI=1S/C22H23N3O3/c1-14(2)11-20(22(27)28-3)25-21(26)17-12-19(15-7-6-10-23-13-15)24-18-9-5-4-8-16(17)18/h4-10,12-14,20H,11H2,1-3H3,(H,25,26). The van der Waals surface area contributed by atoms with Crippen LogP contribution in [0.2, 0.25) is 0 Å². The molecule has 1 amide bonds. The van der Waals surface area contributed by atoms with Gasteiger partial charge in [0.1, 0.15) is 6.04 Å². The van der Waals surface area contributed by atoms with Gasteiger partial charge in [0.05, 0.1) is 23.9 Å². The molecule has 1 unspecified atom stereocenters. The molecule has 6 heteroatoms. The number of benzene rings is 1. The van der Waals surface area contributed by atoms with Gasteiger partial charge in [-0.3, -0.25) is 9.78 Å². The molecule has 0 spiro atoms.